The van der Waals surface area contributed by atoms with E-state index in [2.05, 4.69) is 9.97 Å². The van der Waals surface area contributed by atoms with Gasteiger partial charge >= 0.3 is 0 Å². The Hall–Kier alpha value is -3.54. The summed E-state index contributed by atoms with van der Waals surface area (Å²) in [6.45, 7) is 4.15. The van der Waals surface area contributed by atoms with Crippen LogP contribution in [0.1, 0.15) is 58.8 Å². The van der Waals surface area contributed by atoms with E-state index in [0.29, 0.717) is 42.8 Å². The molecule has 0 radical (unpaired) electrons. The molecule has 1 aliphatic heterocycles. The van der Waals surface area contributed by atoms with Gasteiger partial charge in [0.25, 0.3) is 5.91 Å². The van der Waals surface area contributed by atoms with Crippen molar-refractivity contribution in [2.45, 2.75) is 62.6 Å². The molecule has 3 aromatic rings. The Morgan fingerprint density at radius 3 is 2.55 bits per heavy atom. The normalized spacial score (nSPS) is 17.5. The van der Waals surface area contributed by atoms with Crippen LogP contribution in [0.5, 0.6) is 5.75 Å². The summed E-state index contributed by atoms with van der Waals surface area (Å²) in [5, 5.41) is 11.0. The Bertz CT molecular complexity index is 1480. The number of nitrogens with zero attached hydrogens (tertiary/aromatic N) is 4. The molecule has 10 nitrogen and oxygen atoms in total. The summed E-state index contributed by atoms with van der Waals surface area (Å²) in [4.78, 5) is 23.5. The summed E-state index contributed by atoms with van der Waals surface area (Å²) in [5.74, 6) is 0.454. The average molecular weight is 567 g/mol. The number of amides is 1. The zero-order valence-corrected chi connectivity index (χ0v) is 23.7. The third kappa shape index (κ3) is 5.96. The molecular weight excluding hydrogens is 532 g/mol. The second kappa shape index (κ2) is 11.1. The number of aryl methyl sites for hydroxylation is 2. The van der Waals surface area contributed by atoms with Crippen molar-refractivity contribution < 1.29 is 27.5 Å². The van der Waals surface area contributed by atoms with Gasteiger partial charge in [-0.3, -0.25) is 9.78 Å². The van der Waals surface area contributed by atoms with Gasteiger partial charge in [-0.05, 0) is 74.4 Å². The molecule has 1 aromatic carbocycles. The van der Waals surface area contributed by atoms with Gasteiger partial charge in [0, 0.05) is 31.5 Å². The highest BCUT2D eigenvalue weighted by atomic mass is 32.2. The van der Waals surface area contributed by atoms with Crippen LogP contribution in [-0.2, 0) is 16.6 Å². The Morgan fingerprint density at radius 1 is 1.25 bits per heavy atom. The molecule has 2 fully saturated rings. The van der Waals surface area contributed by atoms with Gasteiger partial charge in [-0.25, -0.2) is 13.4 Å². The summed E-state index contributed by atoms with van der Waals surface area (Å²) in [6.07, 6.45) is 10.6. The van der Waals surface area contributed by atoms with Crippen molar-refractivity contribution in [2.24, 2.45) is 0 Å². The van der Waals surface area contributed by atoms with Gasteiger partial charge in [-0.1, -0.05) is 18.2 Å². The van der Waals surface area contributed by atoms with Gasteiger partial charge in [0.15, 0.2) is 5.69 Å². The minimum Gasteiger partial charge on any atom is -0.497 e. The lowest BCUT2D eigenvalue weighted by Crippen LogP contribution is -2.45. The molecule has 2 aliphatic rings. The molecular formula is C29H34N4O6S. The smallest absolute Gasteiger partial charge is 0.275 e. The first-order chi connectivity index (χ1) is 19.1. The van der Waals surface area contributed by atoms with Crippen LogP contribution >= 0.6 is 0 Å². The van der Waals surface area contributed by atoms with Crippen LogP contribution < -0.4 is 4.74 Å². The van der Waals surface area contributed by atoms with E-state index in [9.17, 15) is 18.3 Å². The number of hydrogen-bond acceptors (Lipinski definition) is 8. The number of carbonyl (C=O) groups is 1. The first kappa shape index (κ1) is 28.0. The standard InChI is InChI=1S/C29H34N4O6S/c1-20-15-24(38-3)16-21(2)27(20)40(36,37)33(23-6-7-23)18-26-31-25(19-39-26)28(34)32-13-10-29(35,11-14-32)9-8-22-5-4-12-30-17-22/h4-5,8-9,12,15-17,19,23,35H,6-7,10-11,13-14,18H2,1-3H3. The minimum absolute atomic E-state index is 0.0654. The zero-order chi connectivity index (χ0) is 28.5. The molecule has 11 heteroatoms. The molecule has 40 heavy (non-hydrogen) atoms. The molecule has 1 amide bonds. The van der Waals surface area contributed by atoms with Crippen molar-refractivity contribution in [1.82, 2.24) is 19.2 Å². The third-order valence-corrected chi connectivity index (χ3v) is 9.64. The minimum atomic E-state index is -3.85. The van der Waals surface area contributed by atoms with E-state index in [-0.39, 0.29) is 35.0 Å². The lowest BCUT2D eigenvalue weighted by atomic mass is 9.90. The number of sulfonamides is 1. The molecule has 0 spiro atoms. The fraction of sp³-hybridized carbons (Fsp3) is 0.414. The van der Waals surface area contributed by atoms with E-state index in [1.807, 2.05) is 18.2 Å². The summed E-state index contributed by atoms with van der Waals surface area (Å²) >= 11 is 0. The third-order valence-electron chi connectivity index (χ3n) is 7.44. The van der Waals surface area contributed by atoms with Crippen LogP contribution in [0.2, 0.25) is 0 Å². The van der Waals surface area contributed by atoms with Crippen LogP contribution in [0, 0.1) is 13.8 Å². The molecule has 1 saturated heterocycles. The van der Waals surface area contributed by atoms with Crippen molar-refractivity contribution >= 4 is 22.0 Å². The molecule has 0 atom stereocenters. The number of methoxy groups -OCH3 is 1. The summed E-state index contributed by atoms with van der Waals surface area (Å²) in [7, 11) is -2.30. The van der Waals surface area contributed by atoms with Crippen molar-refractivity contribution in [2.75, 3.05) is 20.2 Å². The SMILES string of the molecule is COc1cc(C)c(S(=O)(=O)N(Cc2nc(C(=O)N3CCC(O)(C=Cc4cccnc4)CC3)co2)C2CC2)c(C)c1. The number of oxazole rings is 1. The highest BCUT2D eigenvalue weighted by Gasteiger charge is 2.41. The van der Waals surface area contributed by atoms with Gasteiger partial charge < -0.3 is 19.2 Å². The summed E-state index contributed by atoms with van der Waals surface area (Å²) in [5.41, 5.74) is 1.20. The number of carbonyl (C=O) groups excluding carboxylic acids is 1. The van der Waals surface area contributed by atoms with Crippen LogP contribution in [0.4, 0.5) is 0 Å². The quantitative estimate of drug-likeness (QED) is 0.415. The molecule has 0 unspecified atom stereocenters. The summed E-state index contributed by atoms with van der Waals surface area (Å²) in [6, 6.07) is 7.01. The van der Waals surface area contributed by atoms with Crippen molar-refractivity contribution in [3.05, 3.63) is 77.3 Å². The molecule has 1 aliphatic carbocycles. The van der Waals surface area contributed by atoms with Gasteiger partial charge in [-0.15, -0.1) is 0 Å². The lowest BCUT2D eigenvalue weighted by molar-refractivity contribution is 0.0190. The van der Waals surface area contributed by atoms with Crippen molar-refractivity contribution in [3.8, 4) is 5.75 Å². The number of piperidine rings is 1. The number of likely N-dealkylation sites (tertiary alicyclic amines) is 1. The molecule has 2 aromatic heterocycles. The lowest BCUT2D eigenvalue weighted by Gasteiger charge is -2.36. The van der Waals surface area contributed by atoms with E-state index in [0.717, 1.165) is 18.4 Å². The number of aromatic nitrogens is 2. The topological polar surface area (TPSA) is 126 Å². The van der Waals surface area contributed by atoms with Crippen LogP contribution in [0.25, 0.3) is 6.08 Å². The molecule has 0 bridgehead atoms. The zero-order valence-electron chi connectivity index (χ0n) is 22.9. The first-order valence-electron chi connectivity index (χ1n) is 13.3. The van der Waals surface area contributed by atoms with Gasteiger partial charge in [0.2, 0.25) is 15.9 Å². The van der Waals surface area contributed by atoms with E-state index in [4.69, 9.17) is 9.15 Å². The predicted molar refractivity (Wildman–Crippen MR) is 148 cm³/mol. The number of pyridine rings is 1. The summed E-state index contributed by atoms with van der Waals surface area (Å²) < 4.78 is 39.8. The maximum atomic E-state index is 13.8. The molecule has 1 N–H and O–H groups in total. The molecule has 212 valence electrons. The molecule has 5 rings (SSSR count). The fourth-order valence-electron chi connectivity index (χ4n) is 5.09. The highest BCUT2D eigenvalue weighted by molar-refractivity contribution is 7.89. The monoisotopic (exact) mass is 566 g/mol. The van der Waals surface area contributed by atoms with Crippen LogP contribution in [-0.4, -0.2) is 70.4 Å². The van der Waals surface area contributed by atoms with E-state index >= 15 is 0 Å². The van der Waals surface area contributed by atoms with Crippen molar-refractivity contribution in [1.29, 1.82) is 0 Å². The number of hydrogen-bond donors (Lipinski definition) is 1. The Balaban J connectivity index is 1.26. The number of aliphatic hydroxyl groups is 1. The van der Waals surface area contributed by atoms with Gasteiger partial charge in [0.1, 0.15) is 12.0 Å². The van der Waals surface area contributed by atoms with E-state index < -0.39 is 15.6 Å². The maximum Gasteiger partial charge on any atom is 0.275 e. The van der Waals surface area contributed by atoms with Crippen LogP contribution in [0.3, 0.4) is 0 Å². The number of benzene rings is 1. The Morgan fingerprint density at radius 2 is 1.95 bits per heavy atom. The predicted octanol–water partition coefficient (Wildman–Crippen LogP) is 3.73. The van der Waals surface area contributed by atoms with Crippen molar-refractivity contribution in [3.63, 3.8) is 0 Å². The van der Waals surface area contributed by atoms with E-state index in [1.165, 1.54) is 10.6 Å². The number of rotatable bonds is 9. The van der Waals surface area contributed by atoms with E-state index in [1.54, 1.807) is 56.5 Å². The second-order valence-electron chi connectivity index (χ2n) is 10.5. The largest absolute Gasteiger partial charge is 0.497 e. The Kier molecular flexibility index (Phi) is 7.80. The highest BCUT2D eigenvalue weighted by Crippen LogP contribution is 2.36. The average Bonchev–Trinajstić information content (AvgIpc) is 3.67. The molecule has 1 saturated carbocycles. The first-order valence-corrected chi connectivity index (χ1v) is 14.8. The Labute approximate surface area is 234 Å². The maximum absolute atomic E-state index is 13.8. The molecule has 3 heterocycles. The van der Waals surface area contributed by atoms with Gasteiger partial charge in [0.05, 0.1) is 24.2 Å². The van der Waals surface area contributed by atoms with Crippen LogP contribution in [0.15, 0.2) is 58.3 Å². The number of ether oxygens (including phenoxy) is 1. The van der Waals surface area contributed by atoms with Gasteiger partial charge in [-0.2, -0.15) is 4.31 Å². The second-order valence-corrected chi connectivity index (χ2v) is 12.3. The fourth-order valence-corrected chi connectivity index (χ4v) is 7.14.